The van der Waals surface area contributed by atoms with Gasteiger partial charge in [-0.2, -0.15) is 0 Å². The number of urea groups is 1. The van der Waals surface area contributed by atoms with E-state index in [2.05, 4.69) is 15.5 Å². The Morgan fingerprint density at radius 2 is 2.12 bits per heavy atom. The van der Waals surface area contributed by atoms with Gasteiger partial charge < -0.3 is 20.3 Å². The van der Waals surface area contributed by atoms with Gasteiger partial charge in [-0.25, -0.2) is 4.79 Å². The zero-order chi connectivity index (χ0) is 17.6. The van der Waals surface area contributed by atoms with Gasteiger partial charge in [-0.1, -0.05) is 12.1 Å². The number of carbonyl (C=O) groups excluding carboxylic acids is 2. The molecule has 3 rings (SSSR count). The van der Waals surface area contributed by atoms with E-state index in [9.17, 15) is 9.59 Å². The summed E-state index contributed by atoms with van der Waals surface area (Å²) in [6.07, 6.45) is 0. The number of morpholine rings is 1. The quantitative estimate of drug-likeness (QED) is 0.840. The third-order valence-electron chi connectivity index (χ3n) is 4.70. The molecule has 3 amide bonds. The molecule has 136 valence electrons. The molecular formula is C18H26N4O3. The SMILES string of the molecule is CCNC(=O)c1cccc(CNC(=O)N2CCN3CCOC[C@H]3C2)c1. The highest BCUT2D eigenvalue weighted by molar-refractivity contribution is 5.94. The predicted molar refractivity (Wildman–Crippen MR) is 94.4 cm³/mol. The second kappa shape index (κ2) is 8.31. The van der Waals surface area contributed by atoms with Crippen LogP contribution in [-0.4, -0.2) is 73.7 Å². The van der Waals surface area contributed by atoms with Crippen LogP contribution in [0.4, 0.5) is 4.79 Å². The number of benzene rings is 1. The number of ether oxygens (including phenoxy) is 1. The van der Waals surface area contributed by atoms with E-state index >= 15 is 0 Å². The van der Waals surface area contributed by atoms with E-state index in [0.29, 0.717) is 37.8 Å². The van der Waals surface area contributed by atoms with Gasteiger partial charge in [0.05, 0.1) is 19.3 Å². The number of fused-ring (bicyclic) bond motifs is 1. The van der Waals surface area contributed by atoms with Gasteiger partial charge in [0, 0.05) is 44.8 Å². The molecule has 0 aliphatic carbocycles. The molecule has 0 spiro atoms. The average molecular weight is 346 g/mol. The highest BCUT2D eigenvalue weighted by Gasteiger charge is 2.31. The molecule has 1 aromatic rings. The summed E-state index contributed by atoms with van der Waals surface area (Å²) in [7, 11) is 0. The second-order valence-corrected chi connectivity index (χ2v) is 6.43. The van der Waals surface area contributed by atoms with Crippen molar-refractivity contribution in [2.24, 2.45) is 0 Å². The van der Waals surface area contributed by atoms with Crippen LogP contribution in [0.2, 0.25) is 0 Å². The Morgan fingerprint density at radius 1 is 1.24 bits per heavy atom. The molecule has 2 heterocycles. The zero-order valence-corrected chi connectivity index (χ0v) is 14.7. The summed E-state index contributed by atoms with van der Waals surface area (Å²) in [6.45, 7) is 7.65. The van der Waals surface area contributed by atoms with Crippen molar-refractivity contribution in [2.45, 2.75) is 19.5 Å². The highest BCUT2D eigenvalue weighted by Crippen LogP contribution is 2.14. The predicted octanol–water partition coefficient (Wildman–Crippen LogP) is 0.662. The van der Waals surface area contributed by atoms with Crippen LogP contribution < -0.4 is 10.6 Å². The Kier molecular flexibility index (Phi) is 5.88. The minimum atomic E-state index is -0.0934. The van der Waals surface area contributed by atoms with Gasteiger partial charge in [0.1, 0.15) is 0 Å². The fraction of sp³-hybridized carbons (Fsp3) is 0.556. The summed E-state index contributed by atoms with van der Waals surface area (Å²) < 4.78 is 5.51. The first-order valence-corrected chi connectivity index (χ1v) is 8.89. The minimum absolute atomic E-state index is 0.0614. The summed E-state index contributed by atoms with van der Waals surface area (Å²) in [5.41, 5.74) is 1.53. The summed E-state index contributed by atoms with van der Waals surface area (Å²) >= 11 is 0. The lowest BCUT2D eigenvalue weighted by Crippen LogP contribution is -2.60. The topological polar surface area (TPSA) is 73.9 Å². The molecule has 2 aliphatic heterocycles. The molecule has 0 saturated carbocycles. The number of carbonyl (C=O) groups is 2. The molecule has 2 N–H and O–H groups in total. The third-order valence-corrected chi connectivity index (χ3v) is 4.70. The number of piperazine rings is 1. The summed E-state index contributed by atoms with van der Waals surface area (Å²) in [6, 6.07) is 7.58. The minimum Gasteiger partial charge on any atom is -0.378 e. The fourth-order valence-electron chi connectivity index (χ4n) is 3.31. The van der Waals surface area contributed by atoms with Crippen LogP contribution in [-0.2, 0) is 11.3 Å². The average Bonchev–Trinajstić information content (AvgIpc) is 2.66. The Hall–Kier alpha value is -2.12. The fourth-order valence-corrected chi connectivity index (χ4v) is 3.31. The lowest BCUT2D eigenvalue weighted by molar-refractivity contribution is -0.0365. The molecule has 0 bridgehead atoms. The molecule has 0 unspecified atom stereocenters. The van der Waals surface area contributed by atoms with Gasteiger partial charge >= 0.3 is 6.03 Å². The standard InChI is InChI=1S/C18H26N4O3/c1-2-19-17(23)15-5-3-4-14(10-15)11-20-18(24)22-7-6-21-8-9-25-13-16(21)12-22/h3-5,10,16H,2,6-9,11-13H2,1H3,(H,19,23)(H,20,24)/t16-/m1/s1. The molecule has 2 saturated heterocycles. The van der Waals surface area contributed by atoms with Gasteiger partial charge in [-0.05, 0) is 24.6 Å². The maximum Gasteiger partial charge on any atom is 0.317 e. The third kappa shape index (κ3) is 4.49. The van der Waals surface area contributed by atoms with E-state index in [1.165, 1.54) is 0 Å². The molecule has 7 nitrogen and oxygen atoms in total. The summed E-state index contributed by atoms with van der Waals surface area (Å²) in [4.78, 5) is 28.6. The summed E-state index contributed by atoms with van der Waals surface area (Å²) in [5.74, 6) is -0.0934. The van der Waals surface area contributed by atoms with Crippen molar-refractivity contribution in [3.63, 3.8) is 0 Å². The first-order chi connectivity index (χ1) is 12.2. The summed E-state index contributed by atoms with van der Waals surface area (Å²) in [5, 5.41) is 5.74. The largest absolute Gasteiger partial charge is 0.378 e. The first kappa shape index (κ1) is 17.7. The van der Waals surface area contributed by atoms with E-state index in [1.54, 1.807) is 6.07 Å². The van der Waals surface area contributed by atoms with E-state index < -0.39 is 0 Å². The molecule has 2 fully saturated rings. The van der Waals surface area contributed by atoms with Crippen molar-refractivity contribution in [3.8, 4) is 0 Å². The van der Waals surface area contributed by atoms with Crippen LogP contribution in [0.25, 0.3) is 0 Å². The Bertz CT molecular complexity index is 622. The Balaban J connectivity index is 1.52. The first-order valence-electron chi connectivity index (χ1n) is 8.89. The van der Waals surface area contributed by atoms with Crippen molar-refractivity contribution >= 4 is 11.9 Å². The van der Waals surface area contributed by atoms with Gasteiger partial charge in [0.2, 0.25) is 0 Å². The molecular weight excluding hydrogens is 320 g/mol. The van der Waals surface area contributed by atoms with Gasteiger partial charge in [0.25, 0.3) is 5.91 Å². The number of amides is 3. The zero-order valence-electron chi connectivity index (χ0n) is 14.7. The van der Waals surface area contributed by atoms with Crippen molar-refractivity contribution in [3.05, 3.63) is 35.4 Å². The van der Waals surface area contributed by atoms with Gasteiger partial charge in [0.15, 0.2) is 0 Å². The van der Waals surface area contributed by atoms with Crippen LogP contribution in [0.3, 0.4) is 0 Å². The van der Waals surface area contributed by atoms with Crippen LogP contribution >= 0.6 is 0 Å². The molecule has 7 heteroatoms. The van der Waals surface area contributed by atoms with E-state index in [0.717, 1.165) is 31.8 Å². The van der Waals surface area contributed by atoms with Crippen molar-refractivity contribution in [1.82, 2.24) is 20.4 Å². The smallest absolute Gasteiger partial charge is 0.317 e. The van der Waals surface area contributed by atoms with Crippen LogP contribution in [0.1, 0.15) is 22.8 Å². The number of nitrogens with one attached hydrogen (secondary N) is 2. The molecule has 1 aromatic carbocycles. The van der Waals surface area contributed by atoms with Crippen LogP contribution in [0.5, 0.6) is 0 Å². The lowest BCUT2D eigenvalue weighted by atomic mass is 10.1. The maximum atomic E-state index is 12.4. The van der Waals surface area contributed by atoms with Crippen LogP contribution in [0.15, 0.2) is 24.3 Å². The van der Waals surface area contributed by atoms with Crippen molar-refractivity contribution in [1.29, 1.82) is 0 Å². The molecule has 1 atom stereocenters. The lowest BCUT2D eigenvalue weighted by Gasteiger charge is -2.43. The Labute approximate surface area is 148 Å². The Morgan fingerprint density at radius 3 is 2.96 bits per heavy atom. The monoisotopic (exact) mass is 346 g/mol. The van der Waals surface area contributed by atoms with Gasteiger partial charge in [-0.3, -0.25) is 9.69 Å². The van der Waals surface area contributed by atoms with Crippen molar-refractivity contribution < 1.29 is 14.3 Å². The molecule has 0 aromatic heterocycles. The normalized spacial score (nSPS) is 20.7. The van der Waals surface area contributed by atoms with Crippen molar-refractivity contribution in [2.75, 3.05) is 45.9 Å². The van der Waals surface area contributed by atoms with E-state index in [1.807, 2.05) is 30.0 Å². The maximum absolute atomic E-state index is 12.4. The molecule has 0 radical (unpaired) electrons. The number of nitrogens with zero attached hydrogens (tertiary/aromatic N) is 2. The highest BCUT2D eigenvalue weighted by atomic mass is 16.5. The second-order valence-electron chi connectivity index (χ2n) is 6.43. The van der Waals surface area contributed by atoms with E-state index in [-0.39, 0.29) is 11.9 Å². The molecule has 25 heavy (non-hydrogen) atoms. The molecule has 2 aliphatic rings. The number of hydrogen-bond acceptors (Lipinski definition) is 4. The van der Waals surface area contributed by atoms with Gasteiger partial charge in [-0.15, -0.1) is 0 Å². The number of hydrogen-bond donors (Lipinski definition) is 2. The number of rotatable bonds is 4. The van der Waals surface area contributed by atoms with Crippen LogP contribution in [0, 0.1) is 0 Å². The van der Waals surface area contributed by atoms with E-state index in [4.69, 9.17) is 4.74 Å².